The maximum Gasteiger partial charge on any atom is 0.219 e. The average Bonchev–Trinajstić information content (AvgIpc) is 2.16. The van der Waals surface area contributed by atoms with Crippen molar-refractivity contribution < 1.29 is 18.6 Å². The summed E-state index contributed by atoms with van der Waals surface area (Å²) in [5.41, 5.74) is 0. The van der Waals surface area contributed by atoms with E-state index in [0.717, 1.165) is 4.31 Å². The van der Waals surface area contributed by atoms with Gasteiger partial charge in [0.1, 0.15) is 0 Å². The first-order valence-electron chi connectivity index (χ1n) is 4.32. The Labute approximate surface area is 84.7 Å². The molecule has 0 saturated heterocycles. The summed E-state index contributed by atoms with van der Waals surface area (Å²) in [6, 6.07) is 0. The summed E-state index contributed by atoms with van der Waals surface area (Å²) in [4.78, 5) is 0. The highest BCUT2D eigenvalue weighted by atomic mass is 32.2. The number of aliphatic hydroxyl groups is 2. The van der Waals surface area contributed by atoms with Gasteiger partial charge in [0.25, 0.3) is 0 Å². The van der Waals surface area contributed by atoms with E-state index >= 15 is 0 Å². The van der Waals surface area contributed by atoms with Gasteiger partial charge in [0.2, 0.25) is 10.0 Å². The predicted octanol–water partition coefficient (Wildman–Crippen LogP) is -0.823. The smallest absolute Gasteiger partial charge is 0.219 e. The van der Waals surface area contributed by atoms with Gasteiger partial charge in [-0.05, 0) is 6.92 Å². The molecule has 0 aromatic rings. The molecule has 0 heterocycles. The van der Waals surface area contributed by atoms with Crippen LogP contribution in [0.5, 0.6) is 0 Å². The first kappa shape index (κ1) is 13.6. The molecular formula is C8H17NO4S. The molecule has 2 N–H and O–H groups in total. The molecule has 0 aromatic heterocycles. The second-order valence-corrected chi connectivity index (χ2v) is 5.26. The summed E-state index contributed by atoms with van der Waals surface area (Å²) in [5, 5.41) is 16.6. The van der Waals surface area contributed by atoms with E-state index in [4.69, 9.17) is 10.2 Å². The van der Waals surface area contributed by atoms with E-state index in [1.54, 1.807) is 0 Å². The van der Waals surface area contributed by atoms with Gasteiger partial charge in [-0.2, -0.15) is 4.31 Å². The van der Waals surface area contributed by atoms with Crippen LogP contribution in [0.25, 0.3) is 0 Å². The molecule has 0 amide bonds. The minimum absolute atomic E-state index is 0.0265. The average molecular weight is 223 g/mol. The van der Waals surface area contributed by atoms with Crippen LogP contribution in [0.15, 0.2) is 12.7 Å². The zero-order valence-corrected chi connectivity index (χ0v) is 9.07. The molecule has 84 valence electrons. The summed E-state index contributed by atoms with van der Waals surface area (Å²) < 4.78 is 24.4. The standard InChI is InChI=1S/C8H17NO4S/c1-3-4-9(5-6-10)14(12,13)8(2)7-11/h3,8,10-11H,1,4-7H2,2H3. The number of aliphatic hydroxyl groups excluding tert-OH is 2. The minimum atomic E-state index is -3.52. The third kappa shape index (κ3) is 3.38. The normalized spacial score (nSPS) is 14.3. The molecule has 0 aliphatic carbocycles. The SMILES string of the molecule is C=CCN(CCO)S(=O)(=O)C(C)CO. The Morgan fingerprint density at radius 1 is 1.50 bits per heavy atom. The van der Waals surface area contributed by atoms with Crippen molar-refractivity contribution in [3.05, 3.63) is 12.7 Å². The van der Waals surface area contributed by atoms with Crippen LogP contribution in [0.2, 0.25) is 0 Å². The maximum absolute atomic E-state index is 11.6. The monoisotopic (exact) mass is 223 g/mol. The van der Waals surface area contributed by atoms with Crippen LogP contribution in [0, 0.1) is 0 Å². The van der Waals surface area contributed by atoms with Gasteiger partial charge < -0.3 is 10.2 Å². The van der Waals surface area contributed by atoms with Crippen molar-refractivity contribution in [1.82, 2.24) is 4.31 Å². The third-order valence-electron chi connectivity index (χ3n) is 1.81. The number of nitrogens with zero attached hydrogens (tertiary/aromatic N) is 1. The Kier molecular flexibility index (Phi) is 5.94. The van der Waals surface area contributed by atoms with E-state index in [2.05, 4.69) is 6.58 Å². The van der Waals surface area contributed by atoms with Gasteiger partial charge in [0, 0.05) is 13.1 Å². The molecule has 0 rings (SSSR count). The fourth-order valence-electron chi connectivity index (χ4n) is 0.927. The molecule has 1 unspecified atom stereocenters. The molecular weight excluding hydrogens is 206 g/mol. The molecule has 0 aliphatic rings. The number of hydrogen-bond acceptors (Lipinski definition) is 4. The Morgan fingerprint density at radius 3 is 2.43 bits per heavy atom. The zero-order chi connectivity index (χ0) is 11.2. The summed E-state index contributed by atoms with van der Waals surface area (Å²) in [5.74, 6) is 0. The molecule has 0 aromatic carbocycles. The molecule has 0 bridgehead atoms. The second kappa shape index (κ2) is 6.13. The Morgan fingerprint density at radius 2 is 2.07 bits per heavy atom. The third-order valence-corrected chi connectivity index (χ3v) is 4.03. The predicted molar refractivity (Wildman–Crippen MR) is 54.3 cm³/mol. The van der Waals surface area contributed by atoms with Crippen LogP contribution >= 0.6 is 0 Å². The van der Waals surface area contributed by atoms with Crippen LogP contribution in [-0.4, -0.2) is 54.5 Å². The van der Waals surface area contributed by atoms with Gasteiger partial charge in [-0.25, -0.2) is 8.42 Å². The van der Waals surface area contributed by atoms with Crippen LogP contribution in [0.1, 0.15) is 6.92 Å². The van der Waals surface area contributed by atoms with Gasteiger partial charge in [-0.15, -0.1) is 6.58 Å². The zero-order valence-electron chi connectivity index (χ0n) is 8.26. The lowest BCUT2D eigenvalue weighted by Crippen LogP contribution is -2.40. The van der Waals surface area contributed by atoms with Crippen molar-refractivity contribution in [2.45, 2.75) is 12.2 Å². The summed E-state index contributed by atoms with van der Waals surface area (Å²) in [6.07, 6.45) is 1.44. The van der Waals surface area contributed by atoms with Crippen molar-refractivity contribution in [3.8, 4) is 0 Å². The number of rotatable bonds is 7. The quantitative estimate of drug-likeness (QED) is 0.553. The first-order valence-corrected chi connectivity index (χ1v) is 5.82. The van der Waals surface area contributed by atoms with E-state index in [0.29, 0.717) is 0 Å². The van der Waals surface area contributed by atoms with Gasteiger partial charge in [-0.1, -0.05) is 6.08 Å². The Balaban J connectivity index is 4.70. The lowest BCUT2D eigenvalue weighted by molar-refractivity contribution is 0.254. The first-order chi connectivity index (χ1) is 6.50. The van der Waals surface area contributed by atoms with Gasteiger partial charge >= 0.3 is 0 Å². The van der Waals surface area contributed by atoms with E-state index in [-0.39, 0.29) is 19.7 Å². The van der Waals surface area contributed by atoms with E-state index < -0.39 is 21.9 Å². The highest BCUT2D eigenvalue weighted by molar-refractivity contribution is 7.89. The van der Waals surface area contributed by atoms with Crippen molar-refractivity contribution >= 4 is 10.0 Å². The lowest BCUT2D eigenvalue weighted by atomic mass is 10.5. The van der Waals surface area contributed by atoms with Crippen LogP contribution in [-0.2, 0) is 10.0 Å². The number of sulfonamides is 1. The van der Waals surface area contributed by atoms with E-state index in [9.17, 15) is 8.42 Å². The summed E-state index contributed by atoms with van der Waals surface area (Å²) >= 11 is 0. The van der Waals surface area contributed by atoms with Gasteiger partial charge in [0.05, 0.1) is 18.5 Å². The number of hydrogen-bond donors (Lipinski definition) is 2. The minimum Gasteiger partial charge on any atom is -0.395 e. The highest BCUT2D eigenvalue weighted by Crippen LogP contribution is 2.07. The lowest BCUT2D eigenvalue weighted by Gasteiger charge is -2.22. The largest absolute Gasteiger partial charge is 0.395 e. The second-order valence-electron chi connectivity index (χ2n) is 2.91. The van der Waals surface area contributed by atoms with Crippen LogP contribution in [0.4, 0.5) is 0 Å². The van der Waals surface area contributed by atoms with Crippen molar-refractivity contribution in [1.29, 1.82) is 0 Å². The highest BCUT2D eigenvalue weighted by Gasteiger charge is 2.26. The maximum atomic E-state index is 11.6. The molecule has 0 spiro atoms. The molecule has 0 radical (unpaired) electrons. The molecule has 0 fully saturated rings. The summed E-state index contributed by atoms with van der Waals surface area (Å²) in [6.45, 7) is 4.35. The fraction of sp³-hybridized carbons (Fsp3) is 0.750. The van der Waals surface area contributed by atoms with Crippen molar-refractivity contribution in [2.24, 2.45) is 0 Å². The topological polar surface area (TPSA) is 77.8 Å². The van der Waals surface area contributed by atoms with E-state index in [1.807, 2.05) is 0 Å². The Hall–Kier alpha value is -0.430. The van der Waals surface area contributed by atoms with Gasteiger partial charge in [0.15, 0.2) is 0 Å². The van der Waals surface area contributed by atoms with Gasteiger partial charge in [-0.3, -0.25) is 0 Å². The molecule has 14 heavy (non-hydrogen) atoms. The Bertz CT molecular complexity index is 263. The molecule has 0 aliphatic heterocycles. The molecule has 1 atom stereocenters. The summed E-state index contributed by atoms with van der Waals surface area (Å²) in [7, 11) is -3.52. The van der Waals surface area contributed by atoms with Crippen molar-refractivity contribution in [3.63, 3.8) is 0 Å². The van der Waals surface area contributed by atoms with Crippen LogP contribution in [0.3, 0.4) is 0 Å². The molecule has 5 nitrogen and oxygen atoms in total. The molecule has 6 heteroatoms. The van der Waals surface area contributed by atoms with E-state index in [1.165, 1.54) is 13.0 Å². The van der Waals surface area contributed by atoms with Crippen LogP contribution < -0.4 is 0 Å². The van der Waals surface area contributed by atoms with Crippen molar-refractivity contribution in [2.75, 3.05) is 26.3 Å². The molecule has 0 saturated carbocycles. The fourth-order valence-corrected chi connectivity index (χ4v) is 2.27.